The smallest absolute Gasteiger partial charge is 0.408 e. The minimum Gasteiger partial charge on any atom is -0.444 e. The first-order valence-electron chi connectivity index (χ1n) is 12.6. The van der Waals surface area contributed by atoms with E-state index in [-0.39, 0.29) is 17.7 Å². The second-order valence-electron chi connectivity index (χ2n) is 10.2. The normalized spacial score (nSPS) is 13.2. The Morgan fingerprint density at radius 2 is 1.65 bits per heavy atom. The Bertz CT molecular complexity index is 759. The number of carbonyl (C=O) groups excluding carboxylic acids is 3. The van der Waals surface area contributed by atoms with Crippen molar-refractivity contribution in [3.8, 4) is 0 Å². The lowest BCUT2D eigenvalue weighted by atomic mass is 9.99. The molecule has 0 spiro atoms. The van der Waals surface area contributed by atoms with Gasteiger partial charge in [0.25, 0.3) is 0 Å². The Labute approximate surface area is 206 Å². The molecule has 7 nitrogen and oxygen atoms in total. The van der Waals surface area contributed by atoms with Crippen LogP contribution in [-0.2, 0) is 14.3 Å². The summed E-state index contributed by atoms with van der Waals surface area (Å²) in [5.41, 5.74) is 0.0710. The maximum absolute atomic E-state index is 13.8. The minimum absolute atomic E-state index is 0.158. The zero-order valence-electron chi connectivity index (χ0n) is 22.1. The Balaban J connectivity index is 3.26. The Hall–Kier alpha value is -2.57. The van der Waals surface area contributed by atoms with E-state index in [4.69, 9.17) is 4.74 Å². The van der Waals surface area contributed by atoms with Crippen molar-refractivity contribution >= 4 is 17.9 Å². The molecule has 1 aromatic rings. The van der Waals surface area contributed by atoms with Crippen LogP contribution in [0.1, 0.15) is 92.2 Å². The third-order valence-electron chi connectivity index (χ3n) is 5.20. The van der Waals surface area contributed by atoms with Gasteiger partial charge in [0.2, 0.25) is 11.8 Å². The molecule has 2 unspecified atom stereocenters. The van der Waals surface area contributed by atoms with Crippen molar-refractivity contribution in [2.75, 3.05) is 13.1 Å². The van der Waals surface area contributed by atoms with Crippen LogP contribution in [0.15, 0.2) is 30.3 Å². The van der Waals surface area contributed by atoms with Crippen LogP contribution in [0.2, 0.25) is 0 Å². The van der Waals surface area contributed by atoms with Crippen molar-refractivity contribution in [2.45, 2.75) is 98.3 Å². The fourth-order valence-corrected chi connectivity index (χ4v) is 3.74. The Morgan fingerprint density at radius 1 is 1.00 bits per heavy atom. The molecule has 1 aromatic carbocycles. The van der Waals surface area contributed by atoms with Crippen LogP contribution in [0.25, 0.3) is 0 Å². The van der Waals surface area contributed by atoms with Gasteiger partial charge in [-0.15, -0.1) is 0 Å². The predicted molar refractivity (Wildman–Crippen MR) is 136 cm³/mol. The zero-order valence-corrected chi connectivity index (χ0v) is 22.1. The highest BCUT2D eigenvalue weighted by molar-refractivity contribution is 5.92. The van der Waals surface area contributed by atoms with E-state index in [1.54, 1.807) is 25.7 Å². The first-order chi connectivity index (χ1) is 16.0. The quantitative estimate of drug-likeness (QED) is 0.383. The number of ether oxygens (including phenoxy) is 1. The van der Waals surface area contributed by atoms with Crippen molar-refractivity contribution in [3.63, 3.8) is 0 Å². The van der Waals surface area contributed by atoms with Gasteiger partial charge >= 0.3 is 6.09 Å². The fourth-order valence-electron chi connectivity index (χ4n) is 3.74. The van der Waals surface area contributed by atoms with E-state index in [0.717, 1.165) is 24.8 Å². The monoisotopic (exact) mass is 475 g/mol. The van der Waals surface area contributed by atoms with Gasteiger partial charge in [-0.3, -0.25) is 9.59 Å². The number of hydrogen-bond donors (Lipinski definition) is 2. The van der Waals surface area contributed by atoms with Gasteiger partial charge in [-0.2, -0.15) is 0 Å². The molecule has 0 aliphatic heterocycles. The molecule has 0 aliphatic rings. The minimum atomic E-state index is -0.791. The second-order valence-corrected chi connectivity index (χ2v) is 10.2. The van der Waals surface area contributed by atoms with Gasteiger partial charge in [0.15, 0.2) is 0 Å². The highest BCUT2D eigenvalue weighted by Crippen LogP contribution is 2.24. The largest absolute Gasteiger partial charge is 0.444 e. The van der Waals surface area contributed by atoms with Crippen LogP contribution in [0.3, 0.4) is 0 Å². The summed E-state index contributed by atoms with van der Waals surface area (Å²) in [6, 6.07) is 7.79. The summed E-state index contributed by atoms with van der Waals surface area (Å²) in [6.45, 7) is 14.4. The van der Waals surface area contributed by atoms with Gasteiger partial charge in [-0.1, -0.05) is 70.9 Å². The molecular weight excluding hydrogens is 430 g/mol. The number of rotatable bonds is 13. The molecule has 2 N–H and O–H groups in total. The topological polar surface area (TPSA) is 87.7 Å². The molecule has 3 amide bonds. The van der Waals surface area contributed by atoms with Crippen LogP contribution >= 0.6 is 0 Å². The summed E-state index contributed by atoms with van der Waals surface area (Å²) in [6.07, 6.45) is 3.47. The zero-order chi connectivity index (χ0) is 25.7. The van der Waals surface area contributed by atoms with E-state index in [0.29, 0.717) is 25.9 Å². The first kappa shape index (κ1) is 29.5. The standard InChI is InChI=1S/C27H45N3O4/c1-8-10-14-17-28-24(31)23(21-15-12-11-13-16-21)30(18-9-2)25(32)22(19-20(3)4)29-26(33)34-27(5,6)7/h11-13,15-16,20,22-23H,8-10,14,17-19H2,1-7H3,(H,28,31)(H,29,33). The van der Waals surface area contributed by atoms with E-state index >= 15 is 0 Å². The highest BCUT2D eigenvalue weighted by atomic mass is 16.6. The van der Waals surface area contributed by atoms with Crippen molar-refractivity contribution < 1.29 is 19.1 Å². The third-order valence-corrected chi connectivity index (χ3v) is 5.20. The molecular formula is C27H45N3O4. The Morgan fingerprint density at radius 3 is 2.18 bits per heavy atom. The first-order valence-corrected chi connectivity index (χ1v) is 12.6. The lowest BCUT2D eigenvalue weighted by Gasteiger charge is -2.34. The number of unbranched alkanes of at least 4 members (excludes halogenated alkanes) is 2. The summed E-state index contributed by atoms with van der Waals surface area (Å²) in [4.78, 5) is 41.3. The Kier molecular flexibility index (Phi) is 12.7. The SMILES string of the molecule is CCCCCNC(=O)C(c1ccccc1)N(CCC)C(=O)C(CC(C)C)NC(=O)OC(C)(C)C. The summed E-state index contributed by atoms with van der Waals surface area (Å²) in [5, 5.41) is 5.78. The van der Waals surface area contributed by atoms with E-state index in [1.807, 2.05) is 51.1 Å². The van der Waals surface area contributed by atoms with Gasteiger partial charge in [-0.25, -0.2) is 4.79 Å². The summed E-state index contributed by atoms with van der Waals surface area (Å²) in [5.74, 6) is -0.325. The van der Waals surface area contributed by atoms with Crippen LogP contribution in [-0.4, -0.2) is 47.5 Å². The molecule has 0 aromatic heterocycles. The molecule has 7 heteroatoms. The maximum Gasteiger partial charge on any atom is 0.408 e. The van der Waals surface area contributed by atoms with Crippen LogP contribution in [0.5, 0.6) is 0 Å². The lowest BCUT2D eigenvalue weighted by Crippen LogP contribution is -2.53. The predicted octanol–water partition coefficient (Wildman–Crippen LogP) is 5.21. The van der Waals surface area contributed by atoms with Gasteiger partial charge < -0.3 is 20.3 Å². The maximum atomic E-state index is 13.8. The summed E-state index contributed by atoms with van der Waals surface area (Å²) in [7, 11) is 0. The molecule has 192 valence electrons. The molecule has 0 saturated carbocycles. The average Bonchev–Trinajstić information content (AvgIpc) is 2.74. The van der Waals surface area contributed by atoms with Crippen molar-refractivity contribution in [1.29, 1.82) is 0 Å². The third kappa shape index (κ3) is 10.6. The molecule has 2 atom stereocenters. The van der Waals surface area contributed by atoms with E-state index in [9.17, 15) is 14.4 Å². The number of nitrogens with zero attached hydrogens (tertiary/aromatic N) is 1. The molecule has 0 fully saturated rings. The lowest BCUT2D eigenvalue weighted by molar-refractivity contribution is -0.142. The second kappa shape index (κ2) is 14.6. The van der Waals surface area contributed by atoms with Crippen molar-refractivity contribution in [3.05, 3.63) is 35.9 Å². The average molecular weight is 476 g/mol. The number of carbonyl (C=O) groups is 3. The number of hydrogen-bond acceptors (Lipinski definition) is 4. The number of benzene rings is 1. The molecule has 0 aliphatic carbocycles. The van der Waals surface area contributed by atoms with Crippen LogP contribution in [0, 0.1) is 5.92 Å². The molecule has 0 saturated heterocycles. The molecule has 0 heterocycles. The van der Waals surface area contributed by atoms with Crippen LogP contribution in [0.4, 0.5) is 4.79 Å². The number of amides is 3. The van der Waals surface area contributed by atoms with E-state index < -0.39 is 23.8 Å². The van der Waals surface area contributed by atoms with Gasteiger partial charge in [-0.05, 0) is 51.5 Å². The highest BCUT2D eigenvalue weighted by Gasteiger charge is 2.36. The summed E-state index contributed by atoms with van der Waals surface area (Å²) >= 11 is 0. The molecule has 1 rings (SSSR count). The van der Waals surface area contributed by atoms with Gasteiger partial charge in [0, 0.05) is 13.1 Å². The van der Waals surface area contributed by atoms with E-state index in [2.05, 4.69) is 17.6 Å². The number of alkyl carbamates (subject to hydrolysis) is 1. The molecule has 0 radical (unpaired) electrons. The van der Waals surface area contributed by atoms with E-state index in [1.165, 1.54) is 0 Å². The van der Waals surface area contributed by atoms with Crippen LogP contribution < -0.4 is 10.6 Å². The van der Waals surface area contributed by atoms with Crippen molar-refractivity contribution in [1.82, 2.24) is 15.5 Å². The summed E-state index contributed by atoms with van der Waals surface area (Å²) < 4.78 is 5.41. The number of nitrogens with one attached hydrogen (secondary N) is 2. The fraction of sp³-hybridized carbons (Fsp3) is 0.667. The molecule has 0 bridgehead atoms. The molecule has 34 heavy (non-hydrogen) atoms. The van der Waals surface area contributed by atoms with Crippen molar-refractivity contribution in [2.24, 2.45) is 5.92 Å². The van der Waals surface area contributed by atoms with Gasteiger partial charge in [0.05, 0.1) is 0 Å². The van der Waals surface area contributed by atoms with Gasteiger partial charge in [0.1, 0.15) is 17.7 Å².